The van der Waals surface area contributed by atoms with Gasteiger partial charge in [-0.3, -0.25) is 4.79 Å². The number of nitrogens with one attached hydrogen (secondary N) is 1. The molecule has 0 atom stereocenters. The van der Waals surface area contributed by atoms with Crippen LogP contribution >= 0.6 is 0 Å². The number of hydrogen-bond acceptors (Lipinski definition) is 5. The topological polar surface area (TPSA) is 73.3 Å². The van der Waals surface area contributed by atoms with Crippen LogP contribution in [0.15, 0.2) is 30.6 Å². The van der Waals surface area contributed by atoms with Crippen molar-refractivity contribution in [3.8, 4) is 11.8 Å². The van der Waals surface area contributed by atoms with Crippen LogP contribution in [0.25, 0.3) is 0 Å². The SMILES string of the molecule is COc1nccnc1OC1CCC(NC(=O)c2ccc(F)c(F)c2)CC1. The average molecular weight is 363 g/mol. The van der Waals surface area contributed by atoms with Gasteiger partial charge in [-0.15, -0.1) is 0 Å². The van der Waals surface area contributed by atoms with Gasteiger partial charge in [-0.1, -0.05) is 0 Å². The minimum atomic E-state index is -1.03. The number of methoxy groups -OCH3 is 1. The molecule has 2 aromatic rings. The summed E-state index contributed by atoms with van der Waals surface area (Å²) >= 11 is 0. The van der Waals surface area contributed by atoms with E-state index in [9.17, 15) is 13.6 Å². The number of amides is 1. The van der Waals surface area contributed by atoms with Gasteiger partial charge >= 0.3 is 0 Å². The summed E-state index contributed by atoms with van der Waals surface area (Å²) in [5.41, 5.74) is 0.103. The first-order valence-corrected chi connectivity index (χ1v) is 8.34. The standard InChI is InChI=1S/C18H19F2N3O3/c1-25-17-18(22-9-8-21-17)26-13-5-3-12(4-6-13)23-16(24)11-2-7-14(19)15(20)10-11/h2,7-10,12-13H,3-6H2,1H3,(H,23,24). The number of aromatic nitrogens is 2. The Morgan fingerprint density at radius 3 is 2.42 bits per heavy atom. The largest absolute Gasteiger partial charge is 0.477 e. The van der Waals surface area contributed by atoms with Crippen molar-refractivity contribution in [2.45, 2.75) is 37.8 Å². The highest BCUT2D eigenvalue weighted by atomic mass is 19.2. The van der Waals surface area contributed by atoms with Crippen LogP contribution in [0.1, 0.15) is 36.0 Å². The van der Waals surface area contributed by atoms with E-state index in [1.54, 1.807) is 0 Å². The molecule has 0 radical (unpaired) electrons. The highest BCUT2D eigenvalue weighted by Gasteiger charge is 2.25. The van der Waals surface area contributed by atoms with E-state index in [1.807, 2.05) is 0 Å². The highest BCUT2D eigenvalue weighted by Crippen LogP contribution is 2.27. The van der Waals surface area contributed by atoms with Crippen LogP contribution in [-0.4, -0.2) is 35.1 Å². The number of halogens is 2. The predicted octanol–water partition coefficient (Wildman–Crippen LogP) is 2.88. The van der Waals surface area contributed by atoms with Crippen molar-refractivity contribution >= 4 is 5.91 Å². The molecule has 0 aliphatic heterocycles. The summed E-state index contributed by atoms with van der Waals surface area (Å²) < 4.78 is 37.2. The van der Waals surface area contributed by atoms with Crippen LogP contribution in [-0.2, 0) is 0 Å². The van der Waals surface area contributed by atoms with Crippen molar-refractivity contribution in [2.24, 2.45) is 0 Å². The molecule has 1 amide bonds. The van der Waals surface area contributed by atoms with Crippen molar-refractivity contribution in [2.75, 3.05) is 7.11 Å². The van der Waals surface area contributed by atoms with Crippen LogP contribution in [0, 0.1) is 11.6 Å². The maximum Gasteiger partial charge on any atom is 0.278 e. The van der Waals surface area contributed by atoms with E-state index in [1.165, 1.54) is 25.6 Å². The van der Waals surface area contributed by atoms with Gasteiger partial charge in [0.05, 0.1) is 7.11 Å². The molecule has 0 saturated heterocycles. The molecule has 1 saturated carbocycles. The quantitative estimate of drug-likeness (QED) is 0.884. The second kappa shape index (κ2) is 8.07. The third-order valence-corrected chi connectivity index (χ3v) is 4.30. The van der Waals surface area contributed by atoms with E-state index in [0.29, 0.717) is 24.6 Å². The Bertz CT molecular complexity index is 780. The summed E-state index contributed by atoms with van der Waals surface area (Å²) in [4.78, 5) is 20.3. The number of carbonyl (C=O) groups is 1. The van der Waals surface area contributed by atoms with Crippen molar-refractivity contribution in [1.82, 2.24) is 15.3 Å². The Labute approximate surface area is 149 Å². The van der Waals surface area contributed by atoms with Gasteiger partial charge in [0.2, 0.25) is 0 Å². The Hall–Kier alpha value is -2.77. The molecule has 3 rings (SSSR count). The molecular formula is C18H19F2N3O3. The molecule has 26 heavy (non-hydrogen) atoms. The van der Waals surface area contributed by atoms with E-state index in [4.69, 9.17) is 9.47 Å². The fraction of sp³-hybridized carbons (Fsp3) is 0.389. The predicted molar refractivity (Wildman–Crippen MR) is 89.1 cm³/mol. The molecule has 1 aliphatic carbocycles. The van der Waals surface area contributed by atoms with E-state index >= 15 is 0 Å². The van der Waals surface area contributed by atoms with Crippen LogP contribution in [0.4, 0.5) is 8.78 Å². The Morgan fingerprint density at radius 1 is 1.08 bits per heavy atom. The third kappa shape index (κ3) is 4.25. The Kier molecular flexibility index (Phi) is 5.60. The van der Waals surface area contributed by atoms with Gasteiger partial charge in [0, 0.05) is 24.0 Å². The van der Waals surface area contributed by atoms with Gasteiger partial charge in [0.15, 0.2) is 11.6 Å². The number of carbonyl (C=O) groups excluding carboxylic acids is 1. The summed E-state index contributed by atoms with van der Waals surface area (Å²) in [5, 5.41) is 2.85. The van der Waals surface area contributed by atoms with Crippen LogP contribution in [0.2, 0.25) is 0 Å². The second-order valence-electron chi connectivity index (χ2n) is 6.06. The lowest BCUT2D eigenvalue weighted by Crippen LogP contribution is -2.39. The molecule has 1 fully saturated rings. The molecule has 138 valence electrons. The molecule has 1 N–H and O–H groups in total. The number of ether oxygens (including phenoxy) is 2. The molecule has 6 nitrogen and oxygen atoms in total. The lowest BCUT2D eigenvalue weighted by molar-refractivity contribution is 0.0886. The highest BCUT2D eigenvalue weighted by molar-refractivity contribution is 5.94. The van der Waals surface area contributed by atoms with Gasteiger partial charge in [-0.05, 0) is 43.9 Å². The zero-order valence-electron chi connectivity index (χ0n) is 14.2. The van der Waals surface area contributed by atoms with Gasteiger partial charge in [0.1, 0.15) is 6.10 Å². The Balaban J connectivity index is 1.52. The Morgan fingerprint density at radius 2 is 1.77 bits per heavy atom. The van der Waals surface area contributed by atoms with Crippen molar-refractivity contribution < 1.29 is 23.0 Å². The minimum absolute atomic E-state index is 0.0424. The van der Waals surface area contributed by atoms with Crippen molar-refractivity contribution in [3.05, 3.63) is 47.8 Å². The van der Waals surface area contributed by atoms with E-state index in [-0.39, 0.29) is 17.7 Å². The smallest absolute Gasteiger partial charge is 0.278 e. The maximum absolute atomic E-state index is 13.2. The number of nitrogens with zero attached hydrogens (tertiary/aromatic N) is 2. The summed E-state index contributed by atoms with van der Waals surface area (Å²) in [6, 6.07) is 3.07. The van der Waals surface area contributed by atoms with E-state index in [2.05, 4.69) is 15.3 Å². The lowest BCUT2D eigenvalue weighted by atomic mass is 9.92. The molecule has 0 bridgehead atoms. The van der Waals surface area contributed by atoms with Crippen molar-refractivity contribution in [3.63, 3.8) is 0 Å². The molecular weight excluding hydrogens is 344 g/mol. The average Bonchev–Trinajstić information content (AvgIpc) is 2.66. The fourth-order valence-corrected chi connectivity index (χ4v) is 2.92. The van der Waals surface area contributed by atoms with Crippen LogP contribution in [0.3, 0.4) is 0 Å². The molecule has 1 aliphatic rings. The molecule has 1 aromatic heterocycles. The van der Waals surface area contributed by atoms with E-state index < -0.39 is 17.5 Å². The van der Waals surface area contributed by atoms with Crippen molar-refractivity contribution in [1.29, 1.82) is 0 Å². The van der Waals surface area contributed by atoms with Gasteiger partial charge in [0.25, 0.3) is 17.7 Å². The number of hydrogen-bond donors (Lipinski definition) is 1. The molecule has 0 spiro atoms. The minimum Gasteiger partial charge on any atom is -0.477 e. The summed E-state index contributed by atoms with van der Waals surface area (Å²) in [5.74, 6) is -1.74. The zero-order chi connectivity index (χ0) is 18.5. The van der Waals surface area contributed by atoms with Gasteiger partial charge < -0.3 is 14.8 Å². The fourth-order valence-electron chi connectivity index (χ4n) is 2.92. The number of benzene rings is 1. The van der Waals surface area contributed by atoms with Gasteiger partial charge in [-0.2, -0.15) is 0 Å². The molecule has 1 aromatic carbocycles. The first-order valence-electron chi connectivity index (χ1n) is 8.34. The van der Waals surface area contributed by atoms with Crippen LogP contribution < -0.4 is 14.8 Å². The van der Waals surface area contributed by atoms with E-state index in [0.717, 1.165) is 25.0 Å². The normalized spacial score (nSPS) is 19.7. The summed E-state index contributed by atoms with van der Waals surface area (Å²) in [6.45, 7) is 0. The molecule has 8 heteroatoms. The summed E-state index contributed by atoms with van der Waals surface area (Å²) in [7, 11) is 1.50. The van der Waals surface area contributed by atoms with Crippen LogP contribution in [0.5, 0.6) is 11.8 Å². The second-order valence-corrected chi connectivity index (χ2v) is 6.06. The number of rotatable bonds is 5. The summed E-state index contributed by atoms with van der Waals surface area (Å²) in [6.07, 6.45) is 5.88. The monoisotopic (exact) mass is 363 g/mol. The first kappa shape index (κ1) is 18.0. The first-order chi connectivity index (χ1) is 12.6. The maximum atomic E-state index is 13.2. The lowest BCUT2D eigenvalue weighted by Gasteiger charge is -2.29. The zero-order valence-corrected chi connectivity index (χ0v) is 14.2. The third-order valence-electron chi connectivity index (χ3n) is 4.30. The van der Waals surface area contributed by atoms with Gasteiger partial charge in [-0.25, -0.2) is 18.7 Å². The molecule has 1 heterocycles. The molecule has 0 unspecified atom stereocenters.